The van der Waals surface area contributed by atoms with Gasteiger partial charge in [-0.15, -0.1) is 0 Å². The molecule has 0 fully saturated rings. The molecular formula is C20H19NO. The Morgan fingerprint density at radius 2 is 1.55 bits per heavy atom. The summed E-state index contributed by atoms with van der Waals surface area (Å²) in [6.07, 6.45) is 2.34. The molecular weight excluding hydrogens is 270 g/mol. The summed E-state index contributed by atoms with van der Waals surface area (Å²) in [7, 11) is 0. The van der Waals surface area contributed by atoms with Gasteiger partial charge in [0.15, 0.2) is 0 Å². The fraction of sp³-hybridized carbons (Fsp3) is 0.150. The van der Waals surface area contributed by atoms with Gasteiger partial charge in [0.25, 0.3) is 0 Å². The molecule has 2 heteroatoms. The zero-order valence-corrected chi connectivity index (χ0v) is 12.5. The van der Waals surface area contributed by atoms with Gasteiger partial charge in [-0.3, -0.25) is 4.79 Å². The van der Waals surface area contributed by atoms with Crippen LogP contribution in [0.1, 0.15) is 18.4 Å². The minimum Gasteiger partial charge on any atom is -0.326 e. The maximum absolute atomic E-state index is 12.0. The molecule has 3 rings (SSSR count). The van der Waals surface area contributed by atoms with E-state index in [1.807, 2.05) is 48.5 Å². The van der Waals surface area contributed by atoms with Crippen molar-refractivity contribution in [2.75, 3.05) is 5.32 Å². The molecule has 2 nitrogen and oxygen atoms in total. The number of hydrogen-bond acceptors (Lipinski definition) is 1. The van der Waals surface area contributed by atoms with E-state index in [-0.39, 0.29) is 5.91 Å². The van der Waals surface area contributed by atoms with Gasteiger partial charge in [0.2, 0.25) is 5.91 Å². The van der Waals surface area contributed by atoms with Crippen molar-refractivity contribution in [1.29, 1.82) is 0 Å². The monoisotopic (exact) mass is 289 g/mol. The fourth-order valence-electron chi connectivity index (χ4n) is 2.59. The summed E-state index contributed by atoms with van der Waals surface area (Å²) in [5.74, 6) is 0.0752. The number of amides is 1. The molecule has 0 atom stereocenters. The highest BCUT2D eigenvalue weighted by Crippen LogP contribution is 2.19. The molecule has 110 valence electrons. The van der Waals surface area contributed by atoms with Gasteiger partial charge in [-0.1, -0.05) is 60.7 Å². The summed E-state index contributed by atoms with van der Waals surface area (Å²) in [4.78, 5) is 12.0. The van der Waals surface area contributed by atoms with Gasteiger partial charge >= 0.3 is 0 Å². The number of carbonyl (C=O) groups is 1. The van der Waals surface area contributed by atoms with Crippen LogP contribution in [0.4, 0.5) is 5.69 Å². The molecule has 3 aromatic carbocycles. The maximum atomic E-state index is 12.0. The Kier molecular flexibility index (Phi) is 4.50. The van der Waals surface area contributed by atoms with Crippen LogP contribution in [0.15, 0.2) is 72.8 Å². The molecule has 3 aromatic rings. The Hall–Kier alpha value is -2.61. The summed E-state index contributed by atoms with van der Waals surface area (Å²) in [6, 6.07) is 24.4. The van der Waals surface area contributed by atoms with Gasteiger partial charge in [-0.25, -0.2) is 0 Å². The van der Waals surface area contributed by atoms with Gasteiger partial charge in [0, 0.05) is 12.1 Å². The number of anilines is 1. The number of benzene rings is 3. The Balaban J connectivity index is 1.54. The van der Waals surface area contributed by atoms with Crippen molar-refractivity contribution in [3.05, 3.63) is 78.4 Å². The number of rotatable bonds is 5. The predicted octanol–water partition coefficient (Wildman–Crippen LogP) is 4.80. The lowest BCUT2D eigenvalue weighted by Crippen LogP contribution is -2.11. The van der Waals surface area contributed by atoms with Crippen LogP contribution in [0, 0.1) is 0 Å². The lowest BCUT2D eigenvalue weighted by Gasteiger charge is -2.07. The van der Waals surface area contributed by atoms with Crippen LogP contribution >= 0.6 is 0 Å². The van der Waals surface area contributed by atoms with Crippen molar-refractivity contribution in [2.24, 2.45) is 0 Å². The van der Waals surface area contributed by atoms with E-state index in [9.17, 15) is 4.79 Å². The molecule has 0 aliphatic rings. The van der Waals surface area contributed by atoms with Gasteiger partial charge < -0.3 is 5.32 Å². The molecule has 0 aliphatic heterocycles. The van der Waals surface area contributed by atoms with Gasteiger partial charge in [0.1, 0.15) is 0 Å². The van der Waals surface area contributed by atoms with E-state index in [0.717, 1.165) is 23.9 Å². The Morgan fingerprint density at radius 1 is 0.818 bits per heavy atom. The summed E-state index contributed by atoms with van der Waals surface area (Å²) in [6.45, 7) is 0. The summed E-state index contributed by atoms with van der Waals surface area (Å²) in [5.41, 5.74) is 2.14. The molecule has 0 aliphatic carbocycles. The topological polar surface area (TPSA) is 29.1 Å². The van der Waals surface area contributed by atoms with E-state index < -0.39 is 0 Å². The van der Waals surface area contributed by atoms with Crippen molar-refractivity contribution in [3.63, 3.8) is 0 Å². The van der Waals surface area contributed by atoms with Crippen LogP contribution in [-0.4, -0.2) is 5.91 Å². The van der Waals surface area contributed by atoms with Crippen molar-refractivity contribution >= 4 is 22.4 Å². The SMILES string of the molecule is O=C(CCCc1ccccc1)Nc1ccc2ccccc2c1. The molecule has 0 spiro atoms. The van der Waals surface area contributed by atoms with Crippen LogP contribution in [0.3, 0.4) is 0 Å². The van der Waals surface area contributed by atoms with E-state index >= 15 is 0 Å². The number of nitrogens with one attached hydrogen (secondary N) is 1. The molecule has 0 saturated carbocycles. The van der Waals surface area contributed by atoms with Crippen molar-refractivity contribution in [2.45, 2.75) is 19.3 Å². The van der Waals surface area contributed by atoms with Crippen molar-refractivity contribution in [3.8, 4) is 0 Å². The third-order valence-electron chi connectivity index (χ3n) is 3.75. The normalized spacial score (nSPS) is 10.5. The fourth-order valence-corrected chi connectivity index (χ4v) is 2.59. The van der Waals surface area contributed by atoms with Crippen molar-refractivity contribution < 1.29 is 4.79 Å². The quantitative estimate of drug-likeness (QED) is 0.718. The van der Waals surface area contributed by atoms with Gasteiger partial charge in [-0.05, 0) is 41.3 Å². The van der Waals surface area contributed by atoms with Crippen LogP contribution in [0.25, 0.3) is 10.8 Å². The maximum Gasteiger partial charge on any atom is 0.224 e. The number of carbonyl (C=O) groups excluding carboxylic acids is 1. The second kappa shape index (κ2) is 6.90. The number of fused-ring (bicyclic) bond motifs is 1. The van der Waals surface area contributed by atoms with Crippen molar-refractivity contribution in [1.82, 2.24) is 0 Å². The minimum absolute atomic E-state index is 0.0752. The first kappa shape index (κ1) is 14.3. The molecule has 1 amide bonds. The number of aryl methyl sites for hydroxylation is 1. The summed E-state index contributed by atoms with van der Waals surface area (Å²) >= 11 is 0. The first-order valence-electron chi connectivity index (χ1n) is 7.64. The molecule has 0 bridgehead atoms. The third-order valence-corrected chi connectivity index (χ3v) is 3.75. The van der Waals surface area contributed by atoms with E-state index in [0.29, 0.717) is 6.42 Å². The smallest absolute Gasteiger partial charge is 0.224 e. The van der Waals surface area contributed by atoms with E-state index in [4.69, 9.17) is 0 Å². The minimum atomic E-state index is 0.0752. The lowest BCUT2D eigenvalue weighted by molar-refractivity contribution is -0.116. The molecule has 1 N–H and O–H groups in total. The predicted molar refractivity (Wildman–Crippen MR) is 92.0 cm³/mol. The second-order valence-corrected chi connectivity index (χ2v) is 5.45. The number of hydrogen-bond donors (Lipinski definition) is 1. The average molecular weight is 289 g/mol. The first-order valence-corrected chi connectivity index (χ1v) is 7.64. The Bertz CT molecular complexity index is 765. The zero-order chi connectivity index (χ0) is 15.2. The highest BCUT2D eigenvalue weighted by atomic mass is 16.1. The first-order chi connectivity index (χ1) is 10.8. The van der Waals surface area contributed by atoms with E-state index in [2.05, 4.69) is 29.6 Å². The van der Waals surface area contributed by atoms with Gasteiger partial charge in [-0.2, -0.15) is 0 Å². The van der Waals surface area contributed by atoms with E-state index in [1.54, 1.807) is 0 Å². The van der Waals surface area contributed by atoms with Gasteiger partial charge in [0.05, 0.1) is 0 Å². The van der Waals surface area contributed by atoms with E-state index in [1.165, 1.54) is 10.9 Å². The molecule has 0 heterocycles. The lowest BCUT2D eigenvalue weighted by atomic mass is 10.1. The standard InChI is InChI=1S/C20H19NO/c22-20(12-6-9-16-7-2-1-3-8-16)21-19-14-13-17-10-4-5-11-18(17)15-19/h1-5,7-8,10-11,13-15H,6,9,12H2,(H,21,22). The van der Waals surface area contributed by atoms with Crippen LogP contribution < -0.4 is 5.32 Å². The second-order valence-electron chi connectivity index (χ2n) is 5.45. The van der Waals surface area contributed by atoms with Crippen LogP contribution in [0.2, 0.25) is 0 Å². The largest absolute Gasteiger partial charge is 0.326 e. The summed E-state index contributed by atoms with van der Waals surface area (Å²) in [5, 5.41) is 5.31. The van der Waals surface area contributed by atoms with Crippen LogP contribution in [-0.2, 0) is 11.2 Å². The summed E-state index contributed by atoms with van der Waals surface area (Å²) < 4.78 is 0. The Morgan fingerprint density at radius 3 is 2.36 bits per heavy atom. The zero-order valence-electron chi connectivity index (χ0n) is 12.5. The molecule has 0 saturated heterocycles. The third kappa shape index (κ3) is 3.73. The molecule has 0 unspecified atom stereocenters. The Labute approximate surface area is 130 Å². The van der Waals surface area contributed by atoms with Crippen LogP contribution in [0.5, 0.6) is 0 Å². The average Bonchev–Trinajstić information content (AvgIpc) is 2.56. The molecule has 0 aromatic heterocycles. The molecule has 22 heavy (non-hydrogen) atoms. The molecule has 0 radical (unpaired) electrons. The highest BCUT2D eigenvalue weighted by molar-refractivity contribution is 5.94. The highest BCUT2D eigenvalue weighted by Gasteiger charge is 2.03.